The standard InChI is InChI=1S/C28H30O11/c1-12-14-9-16-27-11-37-28(25(35)36-3,22(32)18(31)20(27)26(14,2)10-15(29)17(12)30)21(27)19(24(34)38-16)39-23(33)13-7-5-4-6-8-13/h4-8,14,16,18-22,30-32H,9-11H2,1-3H3. The summed E-state index contributed by atoms with van der Waals surface area (Å²) in [6, 6.07) is 7.96. The minimum absolute atomic E-state index is 0.149. The number of hydrogen-bond acceptors (Lipinski definition) is 11. The van der Waals surface area contributed by atoms with Crippen molar-refractivity contribution in [1.29, 1.82) is 0 Å². The maximum atomic E-state index is 13.5. The molecule has 11 heteroatoms. The number of aliphatic hydroxyl groups is 3. The monoisotopic (exact) mass is 542 g/mol. The lowest BCUT2D eigenvalue weighted by atomic mass is 9.38. The maximum absolute atomic E-state index is 13.5. The van der Waals surface area contributed by atoms with E-state index in [1.54, 1.807) is 32.0 Å². The van der Waals surface area contributed by atoms with Crippen molar-refractivity contribution >= 4 is 23.7 Å². The Bertz CT molecular complexity index is 1310. The highest BCUT2D eigenvalue weighted by Crippen LogP contribution is 2.72. The number of rotatable bonds is 3. The van der Waals surface area contributed by atoms with Gasteiger partial charge in [0, 0.05) is 17.8 Å². The first-order valence-electron chi connectivity index (χ1n) is 12.9. The van der Waals surface area contributed by atoms with Crippen LogP contribution in [0.2, 0.25) is 0 Å². The van der Waals surface area contributed by atoms with Gasteiger partial charge in [-0.15, -0.1) is 0 Å². The molecule has 6 rings (SSSR count). The van der Waals surface area contributed by atoms with Gasteiger partial charge in [-0.3, -0.25) is 4.79 Å². The van der Waals surface area contributed by atoms with Crippen LogP contribution < -0.4 is 0 Å². The average molecular weight is 543 g/mol. The first-order chi connectivity index (χ1) is 18.4. The Balaban J connectivity index is 1.55. The van der Waals surface area contributed by atoms with E-state index in [4.69, 9.17) is 18.9 Å². The van der Waals surface area contributed by atoms with Crippen LogP contribution in [0.5, 0.6) is 0 Å². The molecule has 11 nitrogen and oxygen atoms in total. The van der Waals surface area contributed by atoms with Crippen LogP contribution in [0.4, 0.5) is 0 Å². The van der Waals surface area contributed by atoms with E-state index in [1.807, 2.05) is 0 Å². The molecule has 39 heavy (non-hydrogen) atoms. The lowest BCUT2D eigenvalue weighted by Crippen LogP contribution is -2.79. The topological polar surface area (TPSA) is 166 Å². The Morgan fingerprint density at radius 1 is 1.10 bits per heavy atom. The summed E-state index contributed by atoms with van der Waals surface area (Å²) in [6.07, 6.45) is -6.07. The van der Waals surface area contributed by atoms with Crippen molar-refractivity contribution in [3.63, 3.8) is 0 Å². The van der Waals surface area contributed by atoms with Crippen LogP contribution in [0, 0.1) is 28.6 Å². The lowest BCUT2D eigenvalue weighted by Gasteiger charge is -2.67. The number of methoxy groups -OCH3 is 1. The zero-order valence-electron chi connectivity index (χ0n) is 21.7. The van der Waals surface area contributed by atoms with Gasteiger partial charge in [0.2, 0.25) is 11.7 Å². The molecule has 2 saturated heterocycles. The van der Waals surface area contributed by atoms with Crippen LogP contribution in [0.1, 0.15) is 37.0 Å². The number of esters is 3. The molecule has 2 bridgehead atoms. The van der Waals surface area contributed by atoms with E-state index >= 15 is 0 Å². The highest BCUT2D eigenvalue weighted by molar-refractivity contribution is 5.96. The first kappa shape index (κ1) is 26.0. The molecule has 2 heterocycles. The molecular formula is C28H30O11. The van der Waals surface area contributed by atoms with E-state index in [9.17, 15) is 34.5 Å². The van der Waals surface area contributed by atoms with Gasteiger partial charge in [0.25, 0.3) is 0 Å². The largest absolute Gasteiger partial charge is 0.504 e. The number of benzene rings is 1. The van der Waals surface area contributed by atoms with Gasteiger partial charge in [0.05, 0.1) is 31.3 Å². The summed E-state index contributed by atoms with van der Waals surface area (Å²) in [4.78, 5) is 53.0. The summed E-state index contributed by atoms with van der Waals surface area (Å²) in [5, 5.41) is 33.8. The maximum Gasteiger partial charge on any atom is 0.348 e. The molecule has 0 aromatic heterocycles. The van der Waals surface area contributed by atoms with Gasteiger partial charge in [-0.25, -0.2) is 14.4 Å². The van der Waals surface area contributed by atoms with E-state index in [2.05, 4.69) is 0 Å². The molecule has 208 valence electrons. The summed E-state index contributed by atoms with van der Waals surface area (Å²) in [5.74, 6) is -6.38. The smallest absolute Gasteiger partial charge is 0.348 e. The van der Waals surface area contributed by atoms with Crippen LogP contribution in [0.15, 0.2) is 41.7 Å². The minimum atomic E-state index is -2.24. The van der Waals surface area contributed by atoms with Crippen LogP contribution >= 0.6 is 0 Å². The van der Waals surface area contributed by atoms with Crippen LogP contribution in [0.3, 0.4) is 0 Å². The minimum Gasteiger partial charge on any atom is -0.504 e. The number of fused-ring (bicyclic) bond motifs is 2. The van der Waals surface area contributed by atoms with Crippen molar-refractivity contribution < 1.29 is 53.4 Å². The zero-order chi connectivity index (χ0) is 28.1. The molecule has 10 atom stereocenters. The molecule has 3 N–H and O–H groups in total. The van der Waals surface area contributed by atoms with Crippen molar-refractivity contribution in [2.24, 2.45) is 28.6 Å². The third kappa shape index (κ3) is 3.03. The molecule has 0 amide bonds. The molecule has 2 aliphatic heterocycles. The number of Topliss-reactive ketones (excluding diaryl/α,β-unsaturated/α-hetero) is 1. The number of carbonyl (C=O) groups is 4. The van der Waals surface area contributed by atoms with E-state index in [-0.39, 0.29) is 30.8 Å². The van der Waals surface area contributed by atoms with Crippen LogP contribution in [0.25, 0.3) is 0 Å². The highest BCUT2D eigenvalue weighted by Gasteiger charge is 2.85. The predicted octanol–water partition coefficient (Wildman–Crippen LogP) is 0.865. The number of allylic oxidation sites excluding steroid dienone is 2. The molecule has 3 aliphatic carbocycles. The molecule has 1 aromatic carbocycles. The molecule has 5 aliphatic rings. The summed E-state index contributed by atoms with van der Waals surface area (Å²) in [6.45, 7) is 3.18. The molecular weight excluding hydrogens is 512 g/mol. The molecule has 10 unspecified atom stereocenters. The quantitative estimate of drug-likeness (QED) is 0.366. The molecule has 4 fully saturated rings. The Labute approximate surface area is 223 Å². The van der Waals surface area contributed by atoms with Gasteiger partial charge in [-0.05, 0) is 42.4 Å². The summed E-state index contributed by atoms with van der Waals surface area (Å²) >= 11 is 0. The second-order valence-corrected chi connectivity index (χ2v) is 11.6. The number of hydrogen-bond donors (Lipinski definition) is 3. The van der Waals surface area contributed by atoms with Gasteiger partial charge in [0.1, 0.15) is 12.2 Å². The summed E-state index contributed by atoms with van der Waals surface area (Å²) < 4.78 is 22.7. The fraction of sp³-hybridized carbons (Fsp3) is 0.571. The third-order valence-corrected chi connectivity index (χ3v) is 10.1. The van der Waals surface area contributed by atoms with E-state index in [1.165, 1.54) is 12.1 Å². The lowest BCUT2D eigenvalue weighted by molar-refractivity contribution is -0.288. The van der Waals surface area contributed by atoms with Gasteiger partial charge in [0.15, 0.2) is 11.5 Å². The number of carbonyl (C=O) groups excluding carboxylic acids is 4. The van der Waals surface area contributed by atoms with Crippen molar-refractivity contribution in [3.8, 4) is 0 Å². The van der Waals surface area contributed by atoms with E-state index < -0.39 is 82.3 Å². The normalized spacial score (nSPS) is 44.2. The van der Waals surface area contributed by atoms with Crippen LogP contribution in [-0.2, 0) is 33.3 Å². The number of aliphatic hydroxyl groups excluding tert-OH is 3. The zero-order valence-corrected chi connectivity index (χ0v) is 21.7. The van der Waals surface area contributed by atoms with Crippen LogP contribution in [-0.4, -0.2) is 82.7 Å². The second kappa shape index (κ2) is 8.36. The van der Waals surface area contributed by atoms with Gasteiger partial charge < -0.3 is 34.3 Å². The van der Waals surface area contributed by atoms with Gasteiger partial charge >= 0.3 is 17.9 Å². The predicted molar refractivity (Wildman–Crippen MR) is 129 cm³/mol. The van der Waals surface area contributed by atoms with Crippen molar-refractivity contribution in [2.45, 2.75) is 56.7 Å². The average Bonchev–Trinajstić information content (AvgIpc) is 3.23. The van der Waals surface area contributed by atoms with E-state index in [0.29, 0.717) is 5.57 Å². The Morgan fingerprint density at radius 3 is 2.46 bits per heavy atom. The Morgan fingerprint density at radius 2 is 1.79 bits per heavy atom. The molecule has 1 spiro atoms. The van der Waals surface area contributed by atoms with E-state index in [0.717, 1.165) is 7.11 Å². The van der Waals surface area contributed by atoms with Gasteiger partial charge in [-0.2, -0.15) is 0 Å². The fourth-order valence-electron chi connectivity index (χ4n) is 8.61. The number of ketones is 1. The van der Waals surface area contributed by atoms with Crippen molar-refractivity contribution in [1.82, 2.24) is 0 Å². The van der Waals surface area contributed by atoms with Crippen molar-refractivity contribution in [3.05, 3.63) is 47.2 Å². The van der Waals surface area contributed by atoms with Gasteiger partial charge in [-0.1, -0.05) is 25.1 Å². The second-order valence-electron chi connectivity index (χ2n) is 11.6. The Hall–Kier alpha value is -3.28. The molecule has 1 aromatic rings. The van der Waals surface area contributed by atoms with Crippen molar-refractivity contribution in [2.75, 3.05) is 13.7 Å². The number of ether oxygens (including phenoxy) is 4. The third-order valence-electron chi connectivity index (χ3n) is 10.1. The molecule has 0 radical (unpaired) electrons. The first-order valence-corrected chi connectivity index (χ1v) is 12.9. The summed E-state index contributed by atoms with van der Waals surface area (Å²) in [7, 11) is 1.09. The Kier molecular flexibility index (Phi) is 5.57. The fourth-order valence-corrected chi connectivity index (χ4v) is 8.61. The SMILES string of the molecule is COC(=O)C12OCC34C(CC5C(C)=C(O)C(=O)CC5(C)C3C(O)C1O)OC(=O)C(OC(=O)c1ccccc1)C24. The highest BCUT2D eigenvalue weighted by atomic mass is 16.6. The summed E-state index contributed by atoms with van der Waals surface area (Å²) in [5.41, 5.74) is -4.02. The molecule has 2 saturated carbocycles.